The number of urea groups is 1. The van der Waals surface area contributed by atoms with Gasteiger partial charge < -0.3 is 36.6 Å². The highest BCUT2D eigenvalue weighted by Crippen LogP contribution is 2.41. The van der Waals surface area contributed by atoms with Crippen molar-refractivity contribution in [2.24, 2.45) is 5.92 Å². The number of hydrogen-bond acceptors (Lipinski definition) is 7. The van der Waals surface area contributed by atoms with Crippen LogP contribution in [0.15, 0.2) is 48.5 Å². The van der Waals surface area contributed by atoms with Crippen molar-refractivity contribution < 1.29 is 19.1 Å². The zero-order valence-electron chi connectivity index (χ0n) is 33.6. The van der Waals surface area contributed by atoms with Crippen LogP contribution in [0.1, 0.15) is 109 Å². The van der Waals surface area contributed by atoms with Crippen LogP contribution < -0.4 is 31.9 Å². The van der Waals surface area contributed by atoms with Crippen LogP contribution in [0.5, 0.6) is 0 Å². The van der Waals surface area contributed by atoms with E-state index in [-0.39, 0.29) is 35.5 Å². The van der Waals surface area contributed by atoms with E-state index in [0.717, 1.165) is 50.6 Å². The second-order valence-corrected chi connectivity index (χ2v) is 18.9. The topological polar surface area (TPSA) is 133 Å². The van der Waals surface area contributed by atoms with Gasteiger partial charge in [-0.2, -0.15) is 11.8 Å². The molecule has 3 saturated heterocycles. The molecule has 0 radical (unpaired) electrons. The van der Waals surface area contributed by atoms with Gasteiger partial charge in [-0.3, -0.25) is 9.59 Å². The smallest absolute Gasteiger partial charge is 0.315 e. The highest BCUT2D eigenvalue weighted by molar-refractivity contribution is 8.00. The van der Waals surface area contributed by atoms with E-state index >= 15 is 0 Å². The molecule has 302 valence electrons. The Morgan fingerprint density at radius 3 is 2.53 bits per heavy atom. The Labute approximate surface area is 333 Å². The molecule has 2 aromatic rings. The van der Waals surface area contributed by atoms with Crippen molar-refractivity contribution in [3.63, 3.8) is 0 Å². The van der Waals surface area contributed by atoms with Crippen LogP contribution in [-0.2, 0) is 20.7 Å². The largest absolute Gasteiger partial charge is 0.375 e. The van der Waals surface area contributed by atoms with Gasteiger partial charge >= 0.3 is 6.03 Å². The van der Waals surface area contributed by atoms with Gasteiger partial charge in [0.2, 0.25) is 11.8 Å². The molecule has 0 spiro atoms. The number of unbranched alkanes of at least 4 members (excludes halogenated alkanes) is 1. The molecule has 2 aromatic carbocycles. The maximum Gasteiger partial charge on any atom is 0.315 e. The number of aryl methyl sites for hydroxylation is 1. The van der Waals surface area contributed by atoms with Crippen LogP contribution in [0, 0.1) is 5.92 Å². The summed E-state index contributed by atoms with van der Waals surface area (Å²) in [5.74, 6) is 2.52. The number of fused-ring (bicyclic) bond motifs is 1. The van der Waals surface area contributed by atoms with Crippen molar-refractivity contribution in [1.82, 2.24) is 31.9 Å². The molecule has 6 N–H and O–H groups in total. The van der Waals surface area contributed by atoms with Gasteiger partial charge in [0.05, 0.1) is 17.7 Å². The van der Waals surface area contributed by atoms with Crippen LogP contribution in [0.25, 0.3) is 11.1 Å². The number of carbonyl (C=O) groups is 3. The molecule has 0 unspecified atom stereocenters. The molecular weight excluding hydrogens is 709 g/mol. The van der Waals surface area contributed by atoms with E-state index in [1.165, 1.54) is 41.5 Å². The average molecular weight is 775 g/mol. The minimum absolute atomic E-state index is 0.0515. The summed E-state index contributed by atoms with van der Waals surface area (Å²) in [5.41, 5.74) is 4.23. The molecule has 55 heavy (non-hydrogen) atoms. The Morgan fingerprint density at radius 1 is 0.927 bits per heavy atom. The predicted octanol–water partition coefficient (Wildman–Crippen LogP) is 6.04. The molecule has 4 amide bonds. The third kappa shape index (κ3) is 13.0. The molecule has 4 fully saturated rings. The summed E-state index contributed by atoms with van der Waals surface area (Å²) >= 11 is 1.91. The number of amides is 4. The van der Waals surface area contributed by atoms with E-state index in [1.807, 2.05) is 25.6 Å². The first-order valence-electron chi connectivity index (χ1n) is 21.0. The van der Waals surface area contributed by atoms with Gasteiger partial charge in [0.25, 0.3) is 0 Å². The molecule has 3 aliphatic heterocycles. The van der Waals surface area contributed by atoms with Crippen molar-refractivity contribution in [2.75, 3.05) is 38.5 Å². The molecule has 10 nitrogen and oxygen atoms in total. The van der Waals surface area contributed by atoms with E-state index in [9.17, 15) is 14.4 Å². The molecule has 11 heteroatoms. The lowest BCUT2D eigenvalue weighted by Crippen LogP contribution is -2.44. The number of piperidine rings is 1. The maximum absolute atomic E-state index is 12.8. The average Bonchev–Trinajstić information content (AvgIpc) is 3.71. The second-order valence-electron chi connectivity index (χ2n) is 17.6. The van der Waals surface area contributed by atoms with Gasteiger partial charge in [-0.05, 0) is 127 Å². The second kappa shape index (κ2) is 19.4. The minimum Gasteiger partial charge on any atom is -0.375 e. The SMILES string of the molecule is CC(C)(CCOC(C)(C)CCNC(=O)CCc1cccc(-c2ccc([C@@H]3C[C@H]3NCC3CCNCC3)cc2)c1)NC(=O)CCCC[C@@H]1SC[C@@H]2NC(=O)N[C@@H]21. The molecule has 5 atom stereocenters. The highest BCUT2D eigenvalue weighted by atomic mass is 32.2. The maximum atomic E-state index is 12.8. The summed E-state index contributed by atoms with van der Waals surface area (Å²) in [6.07, 6.45) is 9.67. The molecule has 1 saturated carbocycles. The summed E-state index contributed by atoms with van der Waals surface area (Å²) in [6, 6.07) is 18.7. The number of hydrogen-bond donors (Lipinski definition) is 6. The summed E-state index contributed by atoms with van der Waals surface area (Å²) in [5, 5.41) is 20.0. The lowest BCUT2D eigenvalue weighted by molar-refractivity contribution is -0.123. The molecule has 1 aliphatic carbocycles. The number of nitrogens with one attached hydrogen (secondary N) is 6. The number of benzene rings is 2. The quantitative estimate of drug-likeness (QED) is 0.0674. The van der Waals surface area contributed by atoms with Gasteiger partial charge in [-0.1, -0.05) is 55.0 Å². The Kier molecular flexibility index (Phi) is 14.6. The van der Waals surface area contributed by atoms with E-state index in [4.69, 9.17) is 4.74 Å². The number of rotatable bonds is 21. The van der Waals surface area contributed by atoms with E-state index in [2.05, 4.69) is 94.3 Å². The highest BCUT2D eigenvalue weighted by Gasteiger charge is 2.42. The van der Waals surface area contributed by atoms with Crippen LogP contribution in [0.3, 0.4) is 0 Å². The van der Waals surface area contributed by atoms with Crippen molar-refractivity contribution in [3.05, 3.63) is 59.7 Å². The van der Waals surface area contributed by atoms with Crippen LogP contribution in [0.2, 0.25) is 0 Å². The molecule has 0 bridgehead atoms. The van der Waals surface area contributed by atoms with Gasteiger partial charge in [-0.15, -0.1) is 0 Å². The predicted molar refractivity (Wildman–Crippen MR) is 223 cm³/mol. The van der Waals surface area contributed by atoms with Crippen molar-refractivity contribution in [3.8, 4) is 11.1 Å². The standard InChI is InChI=1S/C44H66N6O4S/c1-43(2,50-40(52)11-6-5-10-38-41-37(29-55-38)48-42(53)49-41)21-25-54-44(3,4)20-24-46-39(51)17-12-30-8-7-9-34(26-30)32-13-15-33(16-14-32)35-27-36(35)47-28-31-18-22-45-23-19-31/h7-9,13-16,26,31,35-38,41,45,47H,5-6,10-12,17-25,27-29H2,1-4H3,(H,46,51)(H,50,52)(H2,48,49,53)/t35-,36+,37-,38-,41-/m0/s1. The number of carbonyl (C=O) groups excluding carboxylic acids is 3. The Hall–Kier alpha value is -3.12. The first-order valence-corrected chi connectivity index (χ1v) is 22.0. The summed E-state index contributed by atoms with van der Waals surface area (Å²) in [7, 11) is 0. The Morgan fingerprint density at radius 2 is 1.73 bits per heavy atom. The number of thioether (sulfide) groups is 1. The molecule has 4 aliphatic rings. The first-order chi connectivity index (χ1) is 26.4. The third-order valence-corrected chi connectivity index (χ3v) is 13.5. The lowest BCUT2D eigenvalue weighted by Gasteiger charge is -2.30. The zero-order chi connectivity index (χ0) is 38.8. The summed E-state index contributed by atoms with van der Waals surface area (Å²) in [6.45, 7) is 12.7. The Bertz CT molecular complexity index is 1580. The van der Waals surface area contributed by atoms with Crippen molar-refractivity contribution in [1.29, 1.82) is 0 Å². The van der Waals surface area contributed by atoms with Gasteiger partial charge in [0.1, 0.15) is 0 Å². The van der Waals surface area contributed by atoms with Crippen LogP contribution >= 0.6 is 11.8 Å². The van der Waals surface area contributed by atoms with Gasteiger partial charge in [0.15, 0.2) is 0 Å². The van der Waals surface area contributed by atoms with Crippen molar-refractivity contribution >= 4 is 29.6 Å². The van der Waals surface area contributed by atoms with Gasteiger partial charge in [-0.25, -0.2) is 4.79 Å². The Balaban J connectivity index is 0.817. The molecule has 3 heterocycles. The van der Waals surface area contributed by atoms with E-state index < -0.39 is 5.60 Å². The van der Waals surface area contributed by atoms with Crippen molar-refractivity contribution in [2.45, 2.75) is 139 Å². The first kappa shape index (κ1) is 41.5. The van der Waals surface area contributed by atoms with E-state index in [0.29, 0.717) is 62.5 Å². The van der Waals surface area contributed by atoms with Gasteiger partial charge in [0, 0.05) is 54.5 Å². The molecular formula is C44H66N6O4S. The molecule has 0 aromatic heterocycles. The minimum atomic E-state index is -0.396. The van der Waals surface area contributed by atoms with Crippen LogP contribution in [0.4, 0.5) is 4.79 Å². The normalized spacial score (nSPS) is 23.9. The summed E-state index contributed by atoms with van der Waals surface area (Å²) < 4.78 is 6.23. The number of ether oxygens (including phenoxy) is 1. The summed E-state index contributed by atoms with van der Waals surface area (Å²) in [4.78, 5) is 37.1. The third-order valence-electron chi connectivity index (χ3n) is 12.0. The fraction of sp³-hybridized carbons (Fsp3) is 0.659. The van der Waals surface area contributed by atoms with Crippen LogP contribution in [-0.4, -0.2) is 90.9 Å². The molecule has 6 rings (SSSR count). The monoisotopic (exact) mass is 774 g/mol. The fourth-order valence-corrected chi connectivity index (χ4v) is 9.85. The zero-order valence-corrected chi connectivity index (χ0v) is 34.5. The van der Waals surface area contributed by atoms with E-state index in [1.54, 1.807) is 0 Å². The lowest BCUT2D eigenvalue weighted by atomic mass is 9.98. The fourth-order valence-electron chi connectivity index (χ4n) is 8.30.